The van der Waals surface area contributed by atoms with Crippen LogP contribution >= 0.6 is 0 Å². The van der Waals surface area contributed by atoms with Gasteiger partial charge in [0, 0.05) is 32.4 Å². The Bertz CT molecular complexity index is 818. The Balaban J connectivity index is 1.42. The standard InChI is InChI=1S/C22H28F3N3O3/c1-30-20-5-2-4-17(12-20)15-31-16-19(29)14-27-8-3-9-28(11-10-27)21-7-6-18(13-26-21)22(23,24)25/h2,4-7,12-13,19,29H,3,8-11,14-16H2,1H3. The van der Waals surface area contributed by atoms with E-state index < -0.39 is 17.8 Å². The molecule has 1 aliphatic rings. The molecule has 1 aromatic heterocycles. The van der Waals surface area contributed by atoms with Crippen LogP contribution in [-0.2, 0) is 17.5 Å². The van der Waals surface area contributed by atoms with Crippen LogP contribution < -0.4 is 9.64 Å². The maximum Gasteiger partial charge on any atom is 0.417 e. The van der Waals surface area contributed by atoms with Gasteiger partial charge in [-0.25, -0.2) is 4.98 Å². The van der Waals surface area contributed by atoms with Crippen LogP contribution in [0.25, 0.3) is 0 Å². The van der Waals surface area contributed by atoms with Crippen molar-refractivity contribution < 1.29 is 27.8 Å². The van der Waals surface area contributed by atoms with Crippen molar-refractivity contribution in [3.8, 4) is 5.75 Å². The molecule has 1 saturated heterocycles. The molecule has 1 N–H and O–H groups in total. The van der Waals surface area contributed by atoms with Gasteiger partial charge in [0.25, 0.3) is 0 Å². The summed E-state index contributed by atoms with van der Waals surface area (Å²) >= 11 is 0. The predicted molar refractivity (Wildman–Crippen MR) is 111 cm³/mol. The SMILES string of the molecule is COc1cccc(COCC(O)CN2CCCN(c3ccc(C(F)(F)F)cn3)CC2)c1. The van der Waals surface area contributed by atoms with Crippen LogP contribution in [-0.4, -0.2) is 67.5 Å². The maximum absolute atomic E-state index is 12.7. The Labute approximate surface area is 180 Å². The molecule has 1 aromatic carbocycles. The number of aliphatic hydroxyl groups is 1. The second-order valence-electron chi connectivity index (χ2n) is 7.56. The quantitative estimate of drug-likeness (QED) is 0.682. The second-order valence-corrected chi connectivity index (χ2v) is 7.56. The number of anilines is 1. The number of ether oxygens (including phenoxy) is 2. The first-order valence-electron chi connectivity index (χ1n) is 10.2. The Morgan fingerprint density at radius 1 is 1.13 bits per heavy atom. The number of halogens is 3. The van der Waals surface area contributed by atoms with E-state index in [2.05, 4.69) is 9.88 Å². The molecule has 0 radical (unpaired) electrons. The Hall–Kier alpha value is -2.36. The molecule has 2 aromatic rings. The van der Waals surface area contributed by atoms with Crippen molar-refractivity contribution in [1.29, 1.82) is 0 Å². The third kappa shape index (κ3) is 7.09. The average Bonchev–Trinajstić information content (AvgIpc) is 2.99. The van der Waals surface area contributed by atoms with Crippen LogP contribution in [0.5, 0.6) is 5.75 Å². The molecule has 2 heterocycles. The van der Waals surface area contributed by atoms with Crippen molar-refractivity contribution in [2.75, 3.05) is 51.3 Å². The largest absolute Gasteiger partial charge is 0.497 e. The number of hydrogen-bond donors (Lipinski definition) is 1. The van der Waals surface area contributed by atoms with Crippen LogP contribution in [0.1, 0.15) is 17.5 Å². The zero-order valence-corrected chi connectivity index (χ0v) is 17.5. The number of nitrogens with zero attached hydrogens (tertiary/aromatic N) is 3. The molecule has 0 amide bonds. The van der Waals surface area contributed by atoms with Gasteiger partial charge in [-0.15, -0.1) is 0 Å². The number of β-amino-alcohol motifs (C(OH)–C–C–N with tert-alkyl or cyclic N) is 1. The lowest BCUT2D eigenvalue weighted by molar-refractivity contribution is -0.137. The molecule has 0 bridgehead atoms. The molecule has 9 heteroatoms. The maximum atomic E-state index is 12.7. The number of alkyl halides is 3. The fourth-order valence-corrected chi connectivity index (χ4v) is 3.55. The van der Waals surface area contributed by atoms with E-state index in [1.165, 1.54) is 6.07 Å². The topological polar surface area (TPSA) is 58.1 Å². The van der Waals surface area contributed by atoms with Crippen molar-refractivity contribution in [3.05, 3.63) is 53.7 Å². The summed E-state index contributed by atoms with van der Waals surface area (Å²) < 4.78 is 49.0. The number of benzene rings is 1. The van der Waals surface area contributed by atoms with E-state index in [0.717, 1.165) is 36.5 Å². The lowest BCUT2D eigenvalue weighted by Crippen LogP contribution is -2.37. The van der Waals surface area contributed by atoms with E-state index in [0.29, 0.717) is 38.6 Å². The lowest BCUT2D eigenvalue weighted by atomic mass is 10.2. The molecule has 3 rings (SSSR count). The first kappa shape index (κ1) is 23.3. The van der Waals surface area contributed by atoms with Gasteiger partial charge in [-0.1, -0.05) is 12.1 Å². The number of aliphatic hydroxyl groups excluding tert-OH is 1. The van der Waals surface area contributed by atoms with Crippen LogP contribution in [0.3, 0.4) is 0 Å². The van der Waals surface area contributed by atoms with Gasteiger partial charge in [-0.3, -0.25) is 4.90 Å². The summed E-state index contributed by atoms with van der Waals surface area (Å²) in [6.07, 6.45) is -3.30. The minimum atomic E-state index is -4.38. The fourth-order valence-electron chi connectivity index (χ4n) is 3.55. The molecule has 0 aliphatic carbocycles. The molecule has 6 nitrogen and oxygen atoms in total. The van der Waals surface area contributed by atoms with Crippen LogP contribution in [0, 0.1) is 0 Å². The highest BCUT2D eigenvalue weighted by atomic mass is 19.4. The summed E-state index contributed by atoms with van der Waals surface area (Å²) in [6, 6.07) is 10.1. The third-order valence-corrected chi connectivity index (χ3v) is 5.17. The van der Waals surface area contributed by atoms with Gasteiger partial charge < -0.3 is 19.5 Å². The van der Waals surface area contributed by atoms with Crippen molar-refractivity contribution in [2.24, 2.45) is 0 Å². The number of methoxy groups -OCH3 is 1. The van der Waals surface area contributed by atoms with Crippen LogP contribution in [0.2, 0.25) is 0 Å². The van der Waals surface area contributed by atoms with Crippen molar-refractivity contribution in [1.82, 2.24) is 9.88 Å². The molecule has 1 atom stereocenters. The van der Waals surface area contributed by atoms with Crippen molar-refractivity contribution >= 4 is 5.82 Å². The van der Waals surface area contributed by atoms with Gasteiger partial charge in [0.15, 0.2) is 0 Å². The summed E-state index contributed by atoms with van der Waals surface area (Å²) in [5, 5.41) is 10.3. The first-order chi connectivity index (χ1) is 14.8. The Morgan fingerprint density at radius 3 is 2.68 bits per heavy atom. The van der Waals surface area contributed by atoms with Crippen molar-refractivity contribution in [2.45, 2.75) is 25.3 Å². The Kier molecular flexibility index (Phi) is 8.11. The molecular weight excluding hydrogens is 411 g/mol. The third-order valence-electron chi connectivity index (χ3n) is 5.17. The van der Waals surface area contributed by atoms with Gasteiger partial charge >= 0.3 is 6.18 Å². The first-order valence-corrected chi connectivity index (χ1v) is 10.2. The highest BCUT2D eigenvalue weighted by molar-refractivity contribution is 5.40. The highest BCUT2D eigenvalue weighted by Gasteiger charge is 2.31. The summed E-state index contributed by atoms with van der Waals surface area (Å²) in [6.45, 7) is 3.92. The predicted octanol–water partition coefficient (Wildman–Crippen LogP) is 3.20. The van der Waals surface area contributed by atoms with E-state index in [9.17, 15) is 18.3 Å². The molecular formula is C22H28F3N3O3. The van der Waals surface area contributed by atoms with Crippen LogP contribution in [0.15, 0.2) is 42.6 Å². The fraction of sp³-hybridized carbons (Fsp3) is 0.500. The van der Waals surface area contributed by atoms with E-state index in [4.69, 9.17) is 9.47 Å². The highest BCUT2D eigenvalue weighted by Crippen LogP contribution is 2.29. The molecule has 1 aliphatic heterocycles. The molecule has 1 fully saturated rings. The van der Waals surface area contributed by atoms with Crippen LogP contribution in [0.4, 0.5) is 19.0 Å². The molecule has 31 heavy (non-hydrogen) atoms. The second kappa shape index (κ2) is 10.8. The molecule has 0 saturated carbocycles. The van der Waals surface area contributed by atoms with E-state index in [1.807, 2.05) is 29.2 Å². The van der Waals surface area contributed by atoms with Crippen molar-refractivity contribution in [3.63, 3.8) is 0 Å². The molecule has 1 unspecified atom stereocenters. The van der Waals surface area contributed by atoms with E-state index in [1.54, 1.807) is 7.11 Å². The number of aromatic nitrogens is 1. The van der Waals surface area contributed by atoms with Gasteiger partial charge in [-0.05, 0) is 42.8 Å². The monoisotopic (exact) mass is 439 g/mol. The summed E-state index contributed by atoms with van der Waals surface area (Å²) in [5.41, 5.74) is 0.228. The Morgan fingerprint density at radius 2 is 1.97 bits per heavy atom. The van der Waals surface area contributed by atoms with Gasteiger partial charge in [0.1, 0.15) is 11.6 Å². The number of pyridine rings is 1. The van der Waals surface area contributed by atoms with E-state index in [-0.39, 0.29) is 6.61 Å². The number of rotatable bonds is 8. The normalized spacial score (nSPS) is 16.7. The van der Waals surface area contributed by atoms with Gasteiger partial charge in [0.2, 0.25) is 0 Å². The summed E-state index contributed by atoms with van der Waals surface area (Å²) in [5.74, 6) is 1.30. The number of hydrogen-bond acceptors (Lipinski definition) is 6. The van der Waals surface area contributed by atoms with Gasteiger partial charge in [0.05, 0.1) is 32.0 Å². The lowest BCUT2D eigenvalue weighted by Gasteiger charge is -2.24. The zero-order chi connectivity index (χ0) is 22.3. The zero-order valence-electron chi connectivity index (χ0n) is 17.5. The minimum absolute atomic E-state index is 0.220. The van der Waals surface area contributed by atoms with Gasteiger partial charge in [-0.2, -0.15) is 13.2 Å². The molecule has 0 spiro atoms. The minimum Gasteiger partial charge on any atom is -0.497 e. The summed E-state index contributed by atoms with van der Waals surface area (Å²) in [7, 11) is 1.61. The molecule has 170 valence electrons. The summed E-state index contributed by atoms with van der Waals surface area (Å²) in [4.78, 5) is 8.11. The van der Waals surface area contributed by atoms with E-state index >= 15 is 0 Å². The smallest absolute Gasteiger partial charge is 0.417 e. The average molecular weight is 439 g/mol.